The van der Waals surface area contributed by atoms with Crippen molar-refractivity contribution in [1.82, 2.24) is 9.88 Å². The van der Waals surface area contributed by atoms with Crippen LogP contribution in [0.15, 0.2) is 53.3 Å². The molecule has 0 N–H and O–H groups in total. The van der Waals surface area contributed by atoms with Gasteiger partial charge in [-0.25, -0.2) is 0 Å². The Bertz CT molecular complexity index is 576. The highest BCUT2D eigenvalue weighted by molar-refractivity contribution is 9.10. The Labute approximate surface area is 134 Å². The van der Waals surface area contributed by atoms with Crippen molar-refractivity contribution in [2.75, 3.05) is 13.1 Å². The first-order chi connectivity index (χ1) is 10.3. The number of halogens is 1. The first-order valence-corrected chi connectivity index (χ1v) is 8.07. The summed E-state index contributed by atoms with van der Waals surface area (Å²) in [5.41, 5.74) is 2.53. The predicted molar refractivity (Wildman–Crippen MR) is 86.9 cm³/mol. The third kappa shape index (κ3) is 4.13. The van der Waals surface area contributed by atoms with Crippen LogP contribution in [0, 0.1) is 0 Å². The second kappa shape index (κ2) is 7.16. The molecule has 4 heteroatoms. The number of ether oxygens (including phenoxy) is 1. The van der Waals surface area contributed by atoms with Crippen LogP contribution in [0.25, 0.3) is 0 Å². The summed E-state index contributed by atoms with van der Waals surface area (Å²) in [5.74, 6) is 0. The Morgan fingerprint density at radius 3 is 2.81 bits per heavy atom. The van der Waals surface area contributed by atoms with Gasteiger partial charge in [0.15, 0.2) is 0 Å². The number of aromatic nitrogens is 1. The van der Waals surface area contributed by atoms with E-state index in [2.05, 4.69) is 50.1 Å². The molecule has 0 unspecified atom stereocenters. The van der Waals surface area contributed by atoms with Crippen LogP contribution >= 0.6 is 15.9 Å². The van der Waals surface area contributed by atoms with Gasteiger partial charge in [-0.05, 0) is 35.7 Å². The molecule has 0 aliphatic carbocycles. The minimum Gasteiger partial charge on any atom is -0.372 e. The van der Waals surface area contributed by atoms with E-state index in [1.54, 1.807) is 0 Å². The lowest BCUT2D eigenvalue weighted by atomic mass is 10.2. The summed E-state index contributed by atoms with van der Waals surface area (Å²) in [7, 11) is 0. The zero-order valence-electron chi connectivity index (χ0n) is 11.9. The molecule has 0 bridgehead atoms. The minimum absolute atomic E-state index is 0.334. The summed E-state index contributed by atoms with van der Waals surface area (Å²) in [6, 6.07) is 12.4. The van der Waals surface area contributed by atoms with Gasteiger partial charge in [0, 0.05) is 36.5 Å². The van der Waals surface area contributed by atoms with Crippen molar-refractivity contribution in [3.8, 4) is 0 Å². The summed E-state index contributed by atoms with van der Waals surface area (Å²) in [4.78, 5) is 6.48. The minimum atomic E-state index is 0.334. The third-order valence-electron chi connectivity index (χ3n) is 3.82. The van der Waals surface area contributed by atoms with E-state index >= 15 is 0 Å². The number of rotatable bonds is 5. The van der Waals surface area contributed by atoms with Crippen molar-refractivity contribution < 1.29 is 4.74 Å². The van der Waals surface area contributed by atoms with Gasteiger partial charge >= 0.3 is 0 Å². The van der Waals surface area contributed by atoms with Gasteiger partial charge in [0.2, 0.25) is 0 Å². The number of pyridine rings is 1. The monoisotopic (exact) mass is 346 g/mol. The Balaban J connectivity index is 1.48. The second-order valence-corrected chi connectivity index (χ2v) is 6.26. The third-order valence-corrected chi connectivity index (χ3v) is 4.59. The molecule has 1 atom stereocenters. The quantitative estimate of drug-likeness (QED) is 0.826. The molecule has 1 aliphatic heterocycles. The molecule has 0 amide bonds. The first-order valence-electron chi connectivity index (χ1n) is 7.27. The van der Waals surface area contributed by atoms with Crippen molar-refractivity contribution in [2.45, 2.75) is 25.7 Å². The van der Waals surface area contributed by atoms with E-state index in [-0.39, 0.29) is 0 Å². The van der Waals surface area contributed by atoms with E-state index in [1.165, 1.54) is 15.6 Å². The number of benzene rings is 1. The highest BCUT2D eigenvalue weighted by Gasteiger charge is 2.23. The molecule has 0 saturated carbocycles. The summed E-state index contributed by atoms with van der Waals surface area (Å²) in [6.07, 6.45) is 5.06. The summed E-state index contributed by atoms with van der Waals surface area (Å²) < 4.78 is 7.19. The van der Waals surface area contributed by atoms with Crippen LogP contribution in [0.5, 0.6) is 0 Å². The number of hydrogen-bond acceptors (Lipinski definition) is 3. The van der Waals surface area contributed by atoms with Gasteiger partial charge in [-0.1, -0.05) is 34.1 Å². The molecular formula is C17H19BrN2O. The molecule has 3 rings (SSSR count). The van der Waals surface area contributed by atoms with Crippen LogP contribution < -0.4 is 0 Å². The number of likely N-dealkylation sites (tertiary alicyclic amines) is 1. The van der Waals surface area contributed by atoms with E-state index in [9.17, 15) is 0 Å². The van der Waals surface area contributed by atoms with E-state index in [0.29, 0.717) is 12.7 Å². The smallest absolute Gasteiger partial charge is 0.0722 e. The molecule has 1 aliphatic rings. The maximum atomic E-state index is 6.01. The summed E-state index contributed by atoms with van der Waals surface area (Å²) >= 11 is 3.62. The van der Waals surface area contributed by atoms with Crippen molar-refractivity contribution in [3.63, 3.8) is 0 Å². The van der Waals surface area contributed by atoms with Gasteiger partial charge in [0.25, 0.3) is 0 Å². The molecule has 2 aromatic rings. The Morgan fingerprint density at radius 1 is 1.19 bits per heavy atom. The van der Waals surface area contributed by atoms with Crippen molar-refractivity contribution >= 4 is 15.9 Å². The molecule has 110 valence electrons. The molecule has 1 fully saturated rings. The topological polar surface area (TPSA) is 25.4 Å². The first kappa shape index (κ1) is 14.7. The highest BCUT2D eigenvalue weighted by atomic mass is 79.9. The molecule has 21 heavy (non-hydrogen) atoms. The maximum Gasteiger partial charge on any atom is 0.0722 e. The fourth-order valence-electron chi connectivity index (χ4n) is 2.64. The molecular weight excluding hydrogens is 328 g/mol. The summed E-state index contributed by atoms with van der Waals surface area (Å²) in [6.45, 7) is 3.77. The van der Waals surface area contributed by atoms with Gasteiger partial charge in [-0.2, -0.15) is 0 Å². The van der Waals surface area contributed by atoms with Gasteiger partial charge in [0.1, 0.15) is 0 Å². The number of nitrogens with zero attached hydrogens (tertiary/aromatic N) is 2. The van der Waals surface area contributed by atoms with Crippen LogP contribution in [0.4, 0.5) is 0 Å². The van der Waals surface area contributed by atoms with Crippen LogP contribution in [0.1, 0.15) is 17.5 Å². The lowest BCUT2D eigenvalue weighted by Crippen LogP contribution is -2.23. The Hall–Kier alpha value is -1.23. The van der Waals surface area contributed by atoms with E-state index in [0.717, 1.165) is 26.1 Å². The summed E-state index contributed by atoms with van der Waals surface area (Å²) in [5, 5.41) is 0. The van der Waals surface area contributed by atoms with Crippen molar-refractivity contribution in [1.29, 1.82) is 0 Å². The zero-order chi connectivity index (χ0) is 14.5. The molecule has 1 saturated heterocycles. The van der Waals surface area contributed by atoms with E-state index in [1.807, 2.05) is 24.5 Å². The largest absolute Gasteiger partial charge is 0.372 e. The zero-order valence-corrected chi connectivity index (χ0v) is 13.5. The van der Waals surface area contributed by atoms with Crippen molar-refractivity contribution in [2.24, 2.45) is 0 Å². The lowest BCUT2D eigenvalue weighted by Gasteiger charge is -2.17. The molecule has 3 nitrogen and oxygen atoms in total. The fourth-order valence-corrected chi connectivity index (χ4v) is 3.05. The molecule has 1 aromatic carbocycles. The normalized spacial score (nSPS) is 19.0. The molecule has 1 aromatic heterocycles. The average molecular weight is 347 g/mol. The van der Waals surface area contributed by atoms with Crippen LogP contribution in [0.3, 0.4) is 0 Å². The van der Waals surface area contributed by atoms with Crippen LogP contribution in [-0.4, -0.2) is 29.1 Å². The number of hydrogen-bond donors (Lipinski definition) is 0. The van der Waals surface area contributed by atoms with Crippen molar-refractivity contribution in [3.05, 3.63) is 64.4 Å². The predicted octanol–water partition coefficient (Wildman–Crippen LogP) is 3.64. The molecule has 2 heterocycles. The lowest BCUT2D eigenvalue weighted by molar-refractivity contribution is 0.0461. The maximum absolute atomic E-state index is 6.01. The Kier molecular flexibility index (Phi) is 5.01. The van der Waals surface area contributed by atoms with Gasteiger partial charge in [-0.15, -0.1) is 0 Å². The fraction of sp³-hybridized carbons (Fsp3) is 0.353. The average Bonchev–Trinajstić information content (AvgIpc) is 2.96. The van der Waals surface area contributed by atoms with Gasteiger partial charge < -0.3 is 4.74 Å². The van der Waals surface area contributed by atoms with Crippen LogP contribution in [-0.2, 0) is 17.9 Å². The molecule has 0 spiro atoms. The standard InChI is InChI=1S/C17H19BrN2O/c18-17-4-2-1-3-15(17)11-20-10-7-16(12-20)21-13-14-5-8-19-9-6-14/h1-6,8-9,16H,7,10-13H2/t16-/m0/s1. The molecule has 0 radical (unpaired) electrons. The van der Waals surface area contributed by atoms with E-state index in [4.69, 9.17) is 4.74 Å². The van der Waals surface area contributed by atoms with Gasteiger partial charge in [-0.3, -0.25) is 9.88 Å². The van der Waals surface area contributed by atoms with Crippen LogP contribution in [0.2, 0.25) is 0 Å². The van der Waals surface area contributed by atoms with E-state index < -0.39 is 0 Å². The Morgan fingerprint density at radius 2 is 2.00 bits per heavy atom. The van der Waals surface area contributed by atoms with Gasteiger partial charge in [0.05, 0.1) is 12.7 Å². The highest BCUT2D eigenvalue weighted by Crippen LogP contribution is 2.21. The second-order valence-electron chi connectivity index (χ2n) is 5.40. The SMILES string of the molecule is Brc1ccccc1CN1CC[C@H](OCc2ccncc2)C1.